The molecule has 0 saturated heterocycles. The van der Waals surface area contributed by atoms with Gasteiger partial charge in [-0.1, -0.05) is 36.4 Å². The first-order valence-electron chi connectivity index (χ1n) is 8.15. The van der Waals surface area contributed by atoms with E-state index in [0.29, 0.717) is 10.8 Å². The van der Waals surface area contributed by atoms with Crippen molar-refractivity contribution in [3.05, 3.63) is 60.7 Å². The van der Waals surface area contributed by atoms with Crippen molar-refractivity contribution in [2.75, 3.05) is 23.7 Å². The number of alkyl halides is 3. The maximum Gasteiger partial charge on any atom is 0.573 e. The van der Waals surface area contributed by atoms with Gasteiger partial charge in [0.05, 0.1) is 10.6 Å². The molecule has 0 bridgehead atoms. The predicted octanol–water partition coefficient (Wildman–Crippen LogP) is 4.61. The molecule has 0 heterocycles. The smallest absolute Gasteiger partial charge is 0.404 e. The summed E-state index contributed by atoms with van der Waals surface area (Å²) in [6, 6.07) is 15.0. The molecule has 3 aromatic carbocycles. The van der Waals surface area contributed by atoms with Gasteiger partial charge in [0.15, 0.2) is 5.75 Å². The third kappa shape index (κ3) is 4.14. The molecule has 0 fully saturated rings. The van der Waals surface area contributed by atoms with Crippen LogP contribution in [0, 0.1) is 0 Å². The lowest BCUT2D eigenvalue weighted by molar-refractivity contribution is -0.274. The molecule has 0 amide bonds. The van der Waals surface area contributed by atoms with Gasteiger partial charge < -0.3 is 9.64 Å². The van der Waals surface area contributed by atoms with Crippen molar-refractivity contribution < 1.29 is 26.3 Å². The average Bonchev–Trinajstić information content (AvgIpc) is 2.60. The molecule has 0 atom stereocenters. The van der Waals surface area contributed by atoms with Crippen molar-refractivity contribution in [3.8, 4) is 5.75 Å². The van der Waals surface area contributed by atoms with Gasteiger partial charge in [0.25, 0.3) is 10.0 Å². The van der Waals surface area contributed by atoms with Crippen LogP contribution in [0.2, 0.25) is 0 Å². The zero-order chi connectivity index (χ0) is 20.5. The molecule has 5 nitrogen and oxygen atoms in total. The number of benzene rings is 3. The fraction of sp³-hybridized carbons (Fsp3) is 0.158. The second-order valence-electron chi connectivity index (χ2n) is 6.17. The minimum absolute atomic E-state index is 0.0458. The van der Waals surface area contributed by atoms with Crippen LogP contribution in [0.25, 0.3) is 10.8 Å². The predicted molar refractivity (Wildman–Crippen MR) is 102 cm³/mol. The highest BCUT2D eigenvalue weighted by atomic mass is 32.2. The summed E-state index contributed by atoms with van der Waals surface area (Å²) in [5.41, 5.74) is 0.510. The van der Waals surface area contributed by atoms with Crippen molar-refractivity contribution >= 4 is 32.2 Å². The Bertz CT molecular complexity index is 1110. The number of para-hydroxylation sites is 2. The van der Waals surface area contributed by atoms with Crippen molar-refractivity contribution in [2.24, 2.45) is 0 Å². The number of hydrogen-bond acceptors (Lipinski definition) is 4. The molecular weight excluding hydrogens is 393 g/mol. The van der Waals surface area contributed by atoms with E-state index < -0.39 is 22.1 Å². The molecule has 3 aromatic rings. The van der Waals surface area contributed by atoms with E-state index in [4.69, 9.17) is 0 Å². The van der Waals surface area contributed by atoms with Crippen molar-refractivity contribution in [1.82, 2.24) is 0 Å². The van der Waals surface area contributed by atoms with Gasteiger partial charge in [0, 0.05) is 30.6 Å². The maximum atomic E-state index is 13.0. The van der Waals surface area contributed by atoms with Gasteiger partial charge in [-0.05, 0) is 24.3 Å². The molecule has 28 heavy (non-hydrogen) atoms. The van der Waals surface area contributed by atoms with E-state index in [1.165, 1.54) is 24.3 Å². The number of rotatable bonds is 5. The minimum Gasteiger partial charge on any atom is -0.404 e. The average molecular weight is 410 g/mol. The van der Waals surface area contributed by atoms with Crippen LogP contribution >= 0.6 is 0 Å². The van der Waals surface area contributed by atoms with E-state index in [9.17, 15) is 21.6 Å². The van der Waals surface area contributed by atoms with Crippen LogP contribution in [0.3, 0.4) is 0 Å². The molecule has 0 aliphatic rings. The monoisotopic (exact) mass is 410 g/mol. The third-order valence-electron chi connectivity index (χ3n) is 3.99. The number of halogens is 3. The van der Waals surface area contributed by atoms with Crippen molar-refractivity contribution in [1.29, 1.82) is 0 Å². The van der Waals surface area contributed by atoms with Gasteiger partial charge >= 0.3 is 6.36 Å². The van der Waals surface area contributed by atoms with Gasteiger partial charge in [-0.15, -0.1) is 13.2 Å². The maximum absolute atomic E-state index is 13.0. The van der Waals surface area contributed by atoms with E-state index >= 15 is 0 Å². The van der Waals surface area contributed by atoms with Crippen molar-refractivity contribution in [3.63, 3.8) is 0 Å². The molecule has 0 unspecified atom stereocenters. The second kappa shape index (κ2) is 7.23. The van der Waals surface area contributed by atoms with Gasteiger partial charge in [0.2, 0.25) is 0 Å². The normalized spacial score (nSPS) is 12.0. The summed E-state index contributed by atoms with van der Waals surface area (Å²) < 4.78 is 69.8. The van der Waals surface area contributed by atoms with Gasteiger partial charge in [0.1, 0.15) is 0 Å². The summed E-state index contributed by atoms with van der Waals surface area (Å²) >= 11 is 0. The van der Waals surface area contributed by atoms with Crippen LogP contribution in [0.5, 0.6) is 5.75 Å². The highest BCUT2D eigenvalue weighted by Crippen LogP contribution is 2.34. The number of ether oxygens (including phenoxy) is 1. The van der Waals surface area contributed by atoms with E-state index in [1.54, 1.807) is 24.3 Å². The Balaban J connectivity index is 2.08. The van der Waals surface area contributed by atoms with Crippen LogP contribution in [-0.2, 0) is 10.0 Å². The summed E-state index contributed by atoms with van der Waals surface area (Å²) in [5.74, 6) is -0.632. The van der Waals surface area contributed by atoms with Crippen LogP contribution in [0.15, 0.2) is 65.6 Å². The molecule has 9 heteroatoms. The number of sulfonamides is 1. The minimum atomic E-state index is -4.94. The van der Waals surface area contributed by atoms with Crippen LogP contribution < -0.4 is 14.4 Å². The Morgan fingerprint density at radius 1 is 0.893 bits per heavy atom. The number of hydrogen-bond donors (Lipinski definition) is 1. The van der Waals surface area contributed by atoms with E-state index in [-0.39, 0.29) is 10.6 Å². The highest BCUT2D eigenvalue weighted by Gasteiger charge is 2.32. The van der Waals surface area contributed by atoms with Crippen LogP contribution in [0.1, 0.15) is 0 Å². The van der Waals surface area contributed by atoms with Gasteiger partial charge in [-0.25, -0.2) is 8.42 Å². The van der Waals surface area contributed by atoms with Crippen molar-refractivity contribution in [2.45, 2.75) is 11.3 Å². The lowest BCUT2D eigenvalue weighted by Crippen LogP contribution is -2.20. The molecule has 0 radical (unpaired) electrons. The fourth-order valence-electron chi connectivity index (χ4n) is 2.85. The summed E-state index contributed by atoms with van der Waals surface area (Å²) in [4.78, 5) is 1.80. The number of nitrogens with one attached hydrogen (secondary N) is 1. The Kier molecular flexibility index (Phi) is 5.12. The van der Waals surface area contributed by atoms with E-state index in [2.05, 4.69) is 9.46 Å². The second-order valence-corrected chi connectivity index (χ2v) is 7.82. The molecule has 0 aliphatic heterocycles. The number of nitrogens with zero attached hydrogens (tertiary/aromatic N) is 1. The van der Waals surface area contributed by atoms with E-state index in [1.807, 2.05) is 25.1 Å². The highest BCUT2D eigenvalue weighted by molar-refractivity contribution is 7.93. The van der Waals surface area contributed by atoms with Gasteiger partial charge in [-0.2, -0.15) is 0 Å². The summed E-state index contributed by atoms with van der Waals surface area (Å²) in [6.07, 6.45) is -4.94. The summed E-state index contributed by atoms with van der Waals surface area (Å²) in [6.45, 7) is 0. The number of fused-ring (bicyclic) bond motifs is 1. The molecule has 0 aromatic heterocycles. The molecular formula is C19H17F3N2O3S. The SMILES string of the molecule is CN(C)c1cccc2c(S(=O)(=O)Nc3ccccc3OC(F)(F)F)cccc12. The Hall–Kier alpha value is -2.94. The Morgan fingerprint density at radius 3 is 2.21 bits per heavy atom. The zero-order valence-electron chi connectivity index (χ0n) is 15.0. The summed E-state index contributed by atoms with van der Waals surface area (Å²) in [7, 11) is -0.512. The summed E-state index contributed by atoms with van der Waals surface area (Å²) in [5, 5.41) is 1.16. The molecule has 148 valence electrons. The Labute approximate surface area is 160 Å². The molecule has 0 aliphatic carbocycles. The van der Waals surface area contributed by atoms with Crippen LogP contribution in [-0.4, -0.2) is 28.9 Å². The first kappa shape index (κ1) is 19.8. The molecule has 0 saturated carbocycles. The molecule has 1 N–H and O–H groups in total. The van der Waals surface area contributed by atoms with Crippen LogP contribution in [0.4, 0.5) is 24.5 Å². The standard InChI is InChI=1S/C19H17F3N2O3S/c1-24(2)16-10-5-8-14-13(16)7-6-12-18(14)28(25,26)23-15-9-3-4-11-17(15)27-19(20,21)22/h3-12,23H,1-2H3. The lowest BCUT2D eigenvalue weighted by Gasteiger charge is -2.18. The quantitative estimate of drug-likeness (QED) is 0.668. The lowest BCUT2D eigenvalue weighted by atomic mass is 10.1. The fourth-order valence-corrected chi connectivity index (χ4v) is 4.15. The third-order valence-corrected chi connectivity index (χ3v) is 5.41. The topological polar surface area (TPSA) is 58.6 Å². The van der Waals surface area contributed by atoms with E-state index in [0.717, 1.165) is 11.8 Å². The van der Waals surface area contributed by atoms with Gasteiger partial charge in [-0.3, -0.25) is 4.72 Å². The zero-order valence-corrected chi connectivity index (χ0v) is 15.8. The molecule has 3 rings (SSSR count). The number of anilines is 2. The molecule has 0 spiro atoms. The first-order valence-corrected chi connectivity index (χ1v) is 9.63. The first-order chi connectivity index (χ1) is 13.1. The Morgan fingerprint density at radius 2 is 1.54 bits per heavy atom. The largest absolute Gasteiger partial charge is 0.573 e.